The number of aromatic nitrogens is 1. The van der Waals surface area contributed by atoms with Gasteiger partial charge in [-0.1, -0.05) is 6.07 Å². The molecular weight excluding hydrogens is 448 g/mol. The number of nitrogens with one attached hydrogen (secondary N) is 2. The summed E-state index contributed by atoms with van der Waals surface area (Å²) in [4.78, 5) is 36.3. The van der Waals surface area contributed by atoms with Gasteiger partial charge in [0.2, 0.25) is 11.8 Å². The normalized spacial score (nSPS) is 24.9. The summed E-state index contributed by atoms with van der Waals surface area (Å²) < 4.78 is 5.55. The standard InChI is InChI=1S/C25H34N6O4/c32-17-21-6-5-20(35-21)15-27-18-13-22-25(34)28-14-19(31(22)16-18)4-7-24(33)30-11-9-29(10-12-30)23-3-1-2-8-26-23/h1-3,5-6,8,18-19,22,27,32H,4,7,9-17H2,(H,28,34)/t18-,19+,22-/m0/s1. The highest BCUT2D eigenvalue weighted by Crippen LogP contribution is 2.26. The van der Waals surface area contributed by atoms with E-state index < -0.39 is 0 Å². The molecule has 0 aromatic carbocycles. The Morgan fingerprint density at radius 1 is 1.17 bits per heavy atom. The minimum absolute atomic E-state index is 0.0723. The molecule has 0 spiro atoms. The van der Waals surface area contributed by atoms with Crippen molar-refractivity contribution in [1.82, 2.24) is 25.4 Å². The number of aliphatic hydroxyl groups excluding tert-OH is 1. The lowest BCUT2D eigenvalue weighted by Crippen LogP contribution is -2.58. The molecule has 0 saturated carbocycles. The molecule has 3 fully saturated rings. The molecule has 3 atom stereocenters. The third kappa shape index (κ3) is 5.50. The van der Waals surface area contributed by atoms with Crippen molar-refractivity contribution >= 4 is 17.6 Å². The van der Waals surface area contributed by atoms with Crippen LogP contribution in [0.4, 0.5) is 5.82 Å². The molecule has 2 aromatic heterocycles. The summed E-state index contributed by atoms with van der Waals surface area (Å²) in [5.41, 5.74) is 0. The second kappa shape index (κ2) is 10.8. The third-order valence-electron chi connectivity index (χ3n) is 7.36. The number of furan rings is 1. The Kier molecular flexibility index (Phi) is 7.31. The number of pyridine rings is 1. The number of aliphatic hydroxyl groups is 1. The molecule has 0 aliphatic carbocycles. The van der Waals surface area contributed by atoms with Gasteiger partial charge in [-0.05, 0) is 37.1 Å². The molecule has 10 nitrogen and oxygen atoms in total. The van der Waals surface area contributed by atoms with Crippen molar-refractivity contribution in [2.75, 3.05) is 44.2 Å². The fraction of sp³-hybridized carbons (Fsp3) is 0.560. The van der Waals surface area contributed by atoms with Gasteiger partial charge in [0.25, 0.3) is 0 Å². The maximum absolute atomic E-state index is 12.9. The van der Waals surface area contributed by atoms with Gasteiger partial charge in [0.15, 0.2) is 0 Å². The van der Waals surface area contributed by atoms with Crippen LogP contribution < -0.4 is 15.5 Å². The van der Waals surface area contributed by atoms with Gasteiger partial charge < -0.3 is 30.0 Å². The molecule has 5 rings (SSSR count). The molecule has 0 radical (unpaired) electrons. The first kappa shape index (κ1) is 23.8. The van der Waals surface area contributed by atoms with E-state index in [0.29, 0.717) is 38.4 Å². The lowest BCUT2D eigenvalue weighted by atomic mass is 10.0. The summed E-state index contributed by atoms with van der Waals surface area (Å²) in [7, 11) is 0. The third-order valence-corrected chi connectivity index (χ3v) is 7.36. The monoisotopic (exact) mass is 482 g/mol. The second-order valence-electron chi connectivity index (χ2n) is 9.55. The van der Waals surface area contributed by atoms with Crippen molar-refractivity contribution in [1.29, 1.82) is 0 Å². The average molecular weight is 483 g/mol. The van der Waals surface area contributed by atoms with Crippen LogP contribution in [0.1, 0.15) is 30.8 Å². The molecule has 10 heteroatoms. The van der Waals surface area contributed by atoms with Gasteiger partial charge in [0, 0.05) is 64.0 Å². The Morgan fingerprint density at radius 3 is 2.74 bits per heavy atom. The molecule has 3 aliphatic heterocycles. The summed E-state index contributed by atoms with van der Waals surface area (Å²) in [5.74, 6) is 2.54. The molecule has 2 amide bonds. The highest BCUT2D eigenvalue weighted by atomic mass is 16.4. The Labute approximate surface area is 205 Å². The van der Waals surface area contributed by atoms with E-state index in [1.165, 1.54) is 0 Å². The number of amides is 2. The summed E-state index contributed by atoms with van der Waals surface area (Å²) in [6, 6.07) is 9.70. The van der Waals surface area contributed by atoms with E-state index in [2.05, 4.69) is 25.4 Å². The Morgan fingerprint density at radius 2 is 2.00 bits per heavy atom. The summed E-state index contributed by atoms with van der Waals surface area (Å²) in [6.07, 6.45) is 3.76. The molecule has 0 bridgehead atoms. The number of piperazine rings is 2. The van der Waals surface area contributed by atoms with Crippen LogP contribution in [0.25, 0.3) is 0 Å². The zero-order valence-corrected chi connectivity index (χ0v) is 19.9. The SMILES string of the molecule is O=C1NC[C@@H](CCC(=O)N2CCN(c3ccccn3)CC2)N2C[C@@H](NCc3ccc(CO)o3)C[C@@H]12. The molecule has 3 N–H and O–H groups in total. The maximum Gasteiger partial charge on any atom is 0.237 e. The van der Waals surface area contributed by atoms with Crippen molar-refractivity contribution in [3.63, 3.8) is 0 Å². The van der Waals surface area contributed by atoms with Gasteiger partial charge in [0.1, 0.15) is 23.9 Å². The summed E-state index contributed by atoms with van der Waals surface area (Å²) >= 11 is 0. The van der Waals surface area contributed by atoms with E-state index in [4.69, 9.17) is 9.52 Å². The molecule has 35 heavy (non-hydrogen) atoms. The molecule has 188 valence electrons. The highest BCUT2D eigenvalue weighted by Gasteiger charge is 2.43. The number of hydrogen-bond donors (Lipinski definition) is 3. The van der Waals surface area contributed by atoms with Crippen LogP contribution in [-0.4, -0.2) is 89.1 Å². The van der Waals surface area contributed by atoms with Crippen LogP contribution >= 0.6 is 0 Å². The highest BCUT2D eigenvalue weighted by molar-refractivity contribution is 5.83. The van der Waals surface area contributed by atoms with Gasteiger partial charge >= 0.3 is 0 Å². The first-order valence-corrected chi connectivity index (χ1v) is 12.5. The molecule has 5 heterocycles. The number of carbonyl (C=O) groups excluding carboxylic acids is 2. The van der Waals surface area contributed by atoms with Crippen LogP contribution in [0.2, 0.25) is 0 Å². The number of rotatable bonds is 8. The fourth-order valence-corrected chi connectivity index (χ4v) is 5.41. The first-order valence-electron chi connectivity index (χ1n) is 12.5. The zero-order valence-electron chi connectivity index (χ0n) is 19.9. The lowest BCUT2D eigenvalue weighted by molar-refractivity contribution is -0.132. The Bertz CT molecular complexity index is 1010. The van der Waals surface area contributed by atoms with Crippen LogP contribution in [0.3, 0.4) is 0 Å². The number of anilines is 1. The van der Waals surface area contributed by atoms with Gasteiger partial charge in [0.05, 0.1) is 12.6 Å². The second-order valence-corrected chi connectivity index (χ2v) is 9.55. The molecule has 3 saturated heterocycles. The zero-order chi connectivity index (χ0) is 24.2. The molecule has 2 aromatic rings. The maximum atomic E-state index is 12.9. The van der Waals surface area contributed by atoms with E-state index in [0.717, 1.165) is 44.1 Å². The number of nitrogens with zero attached hydrogens (tertiary/aromatic N) is 4. The average Bonchev–Trinajstić information content (AvgIpc) is 3.55. The van der Waals surface area contributed by atoms with E-state index in [1.807, 2.05) is 29.2 Å². The number of carbonyl (C=O) groups is 2. The number of hydrogen-bond acceptors (Lipinski definition) is 8. The lowest BCUT2D eigenvalue weighted by Gasteiger charge is -2.38. The largest absolute Gasteiger partial charge is 0.462 e. The topological polar surface area (TPSA) is 114 Å². The Balaban J connectivity index is 1.09. The van der Waals surface area contributed by atoms with Gasteiger partial charge in [-0.25, -0.2) is 4.98 Å². The van der Waals surface area contributed by atoms with Crippen molar-refractivity contribution in [3.8, 4) is 0 Å². The van der Waals surface area contributed by atoms with Crippen molar-refractivity contribution in [3.05, 3.63) is 48.0 Å². The van der Waals surface area contributed by atoms with Crippen LogP contribution in [0.5, 0.6) is 0 Å². The van der Waals surface area contributed by atoms with Crippen molar-refractivity contribution in [2.45, 2.75) is 50.5 Å². The van der Waals surface area contributed by atoms with Crippen molar-refractivity contribution < 1.29 is 19.1 Å². The van der Waals surface area contributed by atoms with Crippen LogP contribution in [0.15, 0.2) is 40.9 Å². The van der Waals surface area contributed by atoms with Crippen molar-refractivity contribution in [2.24, 2.45) is 0 Å². The summed E-state index contributed by atoms with van der Waals surface area (Å²) in [5, 5.41) is 15.7. The van der Waals surface area contributed by atoms with E-state index in [1.54, 1.807) is 12.3 Å². The van der Waals surface area contributed by atoms with E-state index >= 15 is 0 Å². The first-order chi connectivity index (χ1) is 17.1. The number of fused-ring (bicyclic) bond motifs is 1. The van der Waals surface area contributed by atoms with Gasteiger partial charge in [-0.15, -0.1) is 0 Å². The Hall–Kier alpha value is -2.95. The fourth-order valence-electron chi connectivity index (χ4n) is 5.41. The van der Waals surface area contributed by atoms with Crippen LogP contribution in [0, 0.1) is 0 Å². The smallest absolute Gasteiger partial charge is 0.237 e. The molecule has 3 aliphatic rings. The molecular formula is C25H34N6O4. The van der Waals surface area contributed by atoms with Crippen LogP contribution in [-0.2, 0) is 22.7 Å². The van der Waals surface area contributed by atoms with Gasteiger partial charge in [-0.3, -0.25) is 14.5 Å². The minimum Gasteiger partial charge on any atom is -0.462 e. The predicted molar refractivity (Wildman–Crippen MR) is 129 cm³/mol. The molecule has 0 unspecified atom stereocenters. The quantitative estimate of drug-likeness (QED) is 0.493. The van der Waals surface area contributed by atoms with E-state index in [-0.39, 0.29) is 36.5 Å². The predicted octanol–water partition coefficient (Wildman–Crippen LogP) is 0.327. The summed E-state index contributed by atoms with van der Waals surface area (Å²) in [6.45, 7) is 4.80. The van der Waals surface area contributed by atoms with E-state index in [9.17, 15) is 9.59 Å². The minimum atomic E-state index is -0.159. The van der Waals surface area contributed by atoms with Gasteiger partial charge in [-0.2, -0.15) is 0 Å².